The zero-order chi connectivity index (χ0) is 14.1. The average Bonchev–Trinajstić information content (AvgIpc) is 2.90. The van der Waals surface area contributed by atoms with Crippen LogP contribution in [0.4, 0.5) is 0 Å². The van der Waals surface area contributed by atoms with Crippen LogP contribution in [0.1, 0.15) is 49.4 Å². The SMILES string of the molecule is CC(C(=O)c1ccc(Br)cc1)N1CCC2CCCCC21. The summed E-state index contributed by atoms with van der Waals surface area (Å²) in [7, 11) is 0. The number of benzene rings is 1. The number of carbonyl (C=O) groups excluding carboxylic acids is 1. The number of rotatable bonds is 3. The number of fused-ring (bicyclic) bond motifs is 1. The molecule has 0 amide bonds. The molecule has 2 aliphatic rings. The van der Waals surface area contributed by atoms with E-state index in [9.17, 15) is 4.79 Å². The van der Waals surface area contributed by atoms with Gasteiger partial charge in [0.05, 0.1) is 6.04 Å². The van der Waals surface area contributed by atoms with Crippen molar-refractivity contribution in [1.82, 2.24) is 4.90 Å². The van der Waals surface area contributed by atoms with E-state index < -0.39 is 0 Å². The Labute approximate surface area is 129 Å². The topological polar surface area (TPSA) is 20.3 Å². The average molecular weight is 336 g/mol. The fourth-order valence-electron chi connectivity index (χ4n) is 3.93. The van der Waals surface area contributed by atoms with Crippen LogP contribution >= 0.6 is 15.9 Å². The summed E-state index contributed by atoms with van der Waals surface area (Å²) in [6.07, 6.45) is 6.63. The molecule has 3 unspecified atom stereocenters. The summed E-state index contributed by atoms with van der Waals surface area (Å²) in [5.41, 5.74) is 0.833. The lowest BCUT2D eigenvalue weighted by molar-refractivity contribution is 0.0771. The minimum absolute atomic E-state index is 0.0178. The third kappa shape index (κ3) is 2.71. The second-order valence-corrected chi connectivity index (χ2v) is 7.10. The van der Waals surface area contributed by atoms with Crippen LogP contribution in [0.25, 0.3) is 0 Å². The lowest BCUT2D eigenvalue weighted by Gasteiger charge is -2.35. The van der Waals surface area contributed by atoms with Crippen LogP contribution in [0.3, 0.4) is 0 Å². The van der Waals surface area contributed by atoms with Crippen molar-refractivity contribution in [3.05, 3.63) is 34.3 Å². The number of halogens is 1. The zero-order valence-electron chi connectivity index (χ0n) is 12.0. The lowest BCUT2D eigenvalue weighted by atomic mass is 9.85. The van der Waals surface area contributed by atoms with Crippen LogP contribution in [0, 0.1) is 5.92 Å². The first-order chi connectivity index (χ1) is 9.66. The number of nitrogens with zero attached hydrogens (tertiary/aromatic N) is 1. The second-order valence-electron chi connectivity index (χ2n) is 6.19. The van der Waals surface area contributed by atoms with Crippen molar-refractivity contribution in [2.24, 2.45) is 5.92 Å². The summed E-state index contributed by atoms with van der Waals surface area (Å²) in [5, 5.41) is 0. The smallest absolute Gasteiger partial charge is 0.179 e. The first-order valence-electron chi connectivity index (χ1n) is 7.72. The molecule has 3 atom stereocenters. The van der Waals surface area contributed by atoms with E-state index in [1.165, 1.54) is 32.1 Å². The molecule has 1 aromatic carbocycles. The highest BCUT2D eigenvalue weighted by Gasteiger charge is 2.39. The van der Waals surface area contributed by atoms with Crippen LogP contribution in [0.2, 0.25) is 0 Å². The van der Waals surface area contributed by atoms with Crippen molar-refractivity contribution >= 4 is 21.7 Å². The molecule has 0 aromatic heterocycles. The van der Waals surface area contributed by atoms with E-state index in [0.717, 1.165) is 22.5 Å². The van der Waals surface area contributed by atoms with Gasteiger partial charge in [-0.3, -0.25) is 9.69 Å². The summed E-state index contributed by atoms with van der Waals surface area (Å²) >= 11 is 3.42. The summed E-state index contributed by atoms with van der Waals surface area (Å²) in [6, 6.07) is 8.43. The molecule has 1 saturated heterocycles. The van der Waals surface area contributed by atoms with Gasteiger partial charge in [-0.15, -0.1) is 0 Å². The van der Waals surface area contributed by atoms with E-state index >= 15 is 0 Å². The van der Waals surface area contributed by atoms with Crippen molar-refractivity contribution in [1.29, 1.82) is 0 Å². The Kier molecular flexibility index (Phi) is 4.27. The van der Waals surface area contributed by atoms with E-state index in [0.29, 0.717) is 6.04 Å². The molecule has 0 spiro atoms. The Morgan fingerprint density at radius 2 is 1.90 bits per heavy atom. The first kappa shape index (κ1) is 14.3. The quantitative estimate of drug-likeness (QED) is 0.768. The molecule has 1 saturated carbocycles. The largest absolute Gasteiger partial charge is 0.292 e. The van der Waals surface area contributed by atoms with E-state index in [1.807, 2.05) is 24.3 Å². The minimum atomic E-state index is 0.0178. The first-order valence-corrected chi connectivity index (χ1v) is 8.51. The summed E-state index contributed by atoms with van der Waals surface area (Å²) < 4.78 is 1.02. The maximum absolute atomic E-state index is 12.7. The van der Waals surface area contributed by atoms with Gasteiger partial charge < -0.3 is 0 Å². The van der Waals surface area contributed by atoms with Gasteiger partial charge in [-0.2, -0.15) is 0 Å². The van der Waals surface area contributed by atoms with Crippen LogP contribution in [-0.4, -0.2) is 29.3 Å². The maximum atomic E-state index is 12.7. The second kappa shape index (κ2) is 5.98. The Bertz CT molecular complexity index is 484. The highest BCUT2D eigenvalue weighted by atomic mass is 79.9. The number of carbonyl (C=O) groups is 1. The molecule has 3 heteroatoms. The number of hydrogen-bond acceptors (Lipinski definition) is 2. The summed E-state index contributed by atoms with van der Waals surface area (Å²) in [4.78, 5) is 15.1. The van der Waals surface area contributed by atoms with E-state index in [2.05, 4.69) is 27.8 Å². The lowest BCUT2D eigenvalue weighted by Crippen LogP contribution is -2.44. The Hall–Kier alpha value is -0.670. The van der Waals surface area contributed by atoms with E-state index in [-0.39, 0.29) is 11.8 Å². The van der Waals surface area contributed by atoms with Gasteiger partial charge >= 0.3 is 0 Å². The molecule has 1 aliphatic heterocycles. The van der Waals surface area contributed by atoms with Gasteiger partial charge in [0.2, 0.25) is 0 Å². The number of ketones is 1. The Morgan fingerprint density at radius 1 is 1.20 bits per heavy atom. The monoisotopic (exact) mass is 335 g/mol. The normalized spacial score (nSPS) is 28.1. The molecule has 3 rings (SSSR count). The van der Waals surface area contributed by atoms with Gasteiger partial charge in [0.1, 0.15) is 0 Å². The molecular formula is C17H22BrNO. The Balaban J connectivity index is 1.73. The number of hydrogen-bond donors (Lipinski definition) is 0. The standard InChI is InChI=1S/C17H22BrNO/c1-12(17(20)14-6-8-15(18)9-7-14)19-11-10-13-4-2-3-5-16(13)19/h6-9,12-13,16H,2-5,10-11H2,1H3. The summed E-state index contributed by atoms with van der Waals surface area (Å²) in [6.45, 7) is 3.18. The molecule has 20 heavy (non-hydrogen) atoms. The van der Waals surface area contributed by atoms with Crippen LogP contribution < -0.4 is 0 Å². The molecule has 108 valence electrons. The number of likely N-dealkylation sites (tertiary alicyclic amines) is 1. The molecule has 2 fully saturated rings. The fraction of sp³-hybridized carbons (Fsp3) is 0.588. The summed E-state index contributed by atoms with van der Waals surface area (Å²) in [5.74, 6) is 1.10. The van der Waals surface area contributed by atoms with Gasteiger partial charge in [-0.1, -0.05) is 40.9 Å². The third-order valence-electron chi connectivity index (χ3n) is 5.06. The molecule has 1 aliphatic carbocycles. The van der Waals surface area contributed by atoms with Gasteiger partial charge in [0.25, 0.3) is 0 Å². The van der Waals surface area contributed by atoms with Gasteiger partial charge in [-0.05, 0) is 50.8 Å². The molecule has 0 radical (unpaired) electrons. The van der Waals surface area contributed by atoms with Crippen molar-refractivity contribution in [3.8, 4) is 0 Å². The predicted octanol–water partition coefficient (Wildman–Crippen LogP) is 4.28. The van der Waals surface area contributed by atoms with Crippen LogP contribution in [0.5, 0.6) is 0 Å². The maximum Gasteiger partial charge on any atom is 0.179 e. The fourth-order valence-corrected chi connectivity index (χ4v) is 4.19. The molecule has 2 nitrogen and oxygen atoms in total. The van der Waals surface area contributed by atoms with Crippen molar-refractivity contribution < 1.29 is 4.79 Å². The van der Waals surface area contributed by atoms with E-state index in [4.69, 9.17) is 0 Å². The number of Topliss-reactive ketones (excluding diaryl/α,β-unsaturated/α-hetero) is 1. The Morgan fingerprint density at radius 3 is 2.65 bits per heavy atom. The van der Waals surface area contributed by atoms with Gasteiger partial charge in [-0.25, -0.2) is 0 Å². The van der Waals surface area contributed by atoms with Crippen molar-refractivity contribution in [3.63, 3.8) is 0 Å². The third-order valence-corrected chi connectivity index (χ3v) is 5.59. The molecular weight excluding hydrogens is 314 g/mol. The van der Waals surface area contributed by atoms with Crippen molar-refractivity contribution in [2.75, 3.05) is 6.54 Å². The van der Waals surface area contributed by atoms with Gasteiger partial charge in [0.15, 0.2) is 5.78 Å². The molecule has 1 aromatic rings. The molecule has 1 heterocycles. The van der Waals surface area contributed by atoms with Crippen LogP contribution in [0.15, 0.2) is 28.7 Å². The molecule has 0 N–H and O–H groups in total. The zero-order valence-corrected chi connectivity index (χ0v) is 13.6. The van der Waals surface area contributed by atoms with E-state index in [1.54, 1.807) is 0 Å². The highest BCUT2D eigenvalue weighted by molar-refractivity contribution is 9.10. The highest BCUT2D eigenvalue weighted by Crippen LogP contribution is 2.37. The van der Waals surface area contributed by atoms with Crippen molar-refractivity contribution in [2.45, 2.75) is 51.1 Å². The minimum Gasteiger partial charge on any atom is -0.292 e. The predicted molar refractivity (Wildman–Crippen MR) is 85.0 cm³/mol. The van der Waals surface area contributed by atoms with Crippen LogP contribution in [-0.2, 0) is 0 Å². The molecule has 0 bridgehead atoms. The van der Waals surface area contributed by atoms with Gasteiger partial charge in [0, 0.05) is 16.1 Å².